The summed E-state index contributed by atoms with van der Waals surface area (Å²) in [5, 5.41) is 2.30. The molecule has 30 heavy (non-hydrogen) atoms. The third-order valence-corrected chi connectivity index (χ3v) is 6.31. The molecule has 4 aromatic rings. The van der Waals surface area contributed by atoms with Crippen molar-refractivity contribution in [3.8, 4) is 0 Å². The zero-order valence-corrected chi connectivity index (χ0v) is 17.9. The molecular weight excluding hydrogens is 366 g/mol. The van der Waals surface area contributed by atoms with Gasteiger partial charge >= 0.3 is 0 Å². The topological polar surface area (TPSA) is 20.3 Å². The van der Waals surface area contributed by atoms with E-state index in [1.165, 1.54) is 44.7 Å². The number of carbonyl (C=O) groups excluding carboxylic acids is 1. The summed E-state index contributed by atoms with van der Waals surface area (Å²) in [5.41, 5.74) is 9.28. The Bertz CT molecular complexity index is 1300. The van der Waals surface area contributed by atoms with Crippen molar-refractivity contribution in [1.82, 2.24) is 0 Å². The molecule has 0 bridgehead atoms. The zero-order chi connectivity index (χ0) is 21.0. The Labute approximate surface area is 177 Å². The Morgan fingerprint density at radius 1 is 0.800 bits per heavy atom. The van der Waals surface area contributed by atoms with Gasteiger partial charge in [-0.15, -0.1) is 0 Å². The average Bonchev–Trinajstić information content (AvgIpc) is 2.72. The minimum absolute atomic E-state index is 0.163. The van der Waals surface area contributed by atoms with E-state index in [-0.39, 0.29) is 5.41 Å². The molecule has 2 nitrogen and oxygen atoms in total. The third-order valence-electron chi connectivity index (χ3n) is 6.31. The van der Waals surface area contributed by atoms with Gasteiger partial charge in [0.2, 0.25) is 0 Å². The lowest BCUT2D eigenvalue weighted by Crippen LogP contribution is -2.31. The normalized spacial score (nSPS) is 14.3. The number of aryl methyl sites for hydroxylation is 2. The van der Waals surface area contributed by atoms with Gasteiger partial charge in [-0.3, -0.25) is 4.79 Å². The molecule has 0 amide bonds. The predicted octanol–water partition coefficient (Wildman–Crippen LogP) is 7.38. The number of rotatable bonds is 2. The molecule has 0 N–H and O–H groups in total. The maximum Gasteiger partial charge on any atom is 0.150 e. The first kappa shape index (κ1) is 18.6. The van der Waals surface area contributed by atoms with Gasteiger partial charge in [-0.2, -0.15) is 0 Å². The fourth-order valence-electron chi connectivity index (χ4n) is 5.07. The van der Waals surface area contributed by atoms with Crippen LogP contribution in [0.2, 0.25) is 0 Å². The lowest BCUT2D eigenvalue weighted by Gasteiger charge is -2.43. The monoisotopic (exact) mass is 391 g/mol. The molecular formula is C28H25NO. The maximum absolute atomic E-state index is 11.3. The van der Waals surface area contributed by atoms with Gasteiger partial charge < -0.3 is 4.90 Å². The second kappa shape index (κ2) is 6.56. The van der Waals surface area contributed by atoms with Gasteiger partial charge in [0.25, 0.3) is 0 Å². The van der Waals surface area contributed by atoms with Crippen molar-refractivity contribution in [2.45, 2.75) is 33.1 Å². The number of fused-ring (bicyclic) bond motifs is 4. The predicted molar refractivity (Wildman–Crippen MR) is 126 cm³/mol. The summed E-state index contributed by atoms with van der Waals surface area (Å²) in [5.74, 6) is 0. The highest BCUT2D eigenvalue weighted by Crippen LogP contribution is 2.53. The number of benzene rings is 4. The molecule has 1 aliphatic heterocycles. The Morgan fingerprint density at radius 3 is 2.27 bits per heavy atom. The number of carbonyl (C=O) groups is 1. The molecule has 0 saturated carbocycles. The van der Waals surface area contributed by atoms with Crippen molar-refractivity contribution >= 4 is 34.1 Å². The van der Waals surface area contributed by atoms with Gasteiger partial charge in [0.05, 0.1) is 11.4 Å². The van der Waals surface area contributed by atoms with E-state index in [9.17, 15) is 4.79 Å². The third kappa shape index (κ3) is 2.68. The number of para-hydroxylation sites is 1. The number of hydrogen-bond acceptors (Lipinski definition) is 2. The summed E-state index contributed by atoms with van der Waals surface area (Å²) in [6.07, 6.45) is 0.918. The number of anilines is 3. The number of hydrogen-bond donors (Lipinski definition) is 0. The standard InChI is InChI=1S/C28H25NO/c1-18-13-19(2)15-22(14-18)29-25-8-6-5-7-24(25)28(3,4)27-23-11-9-20(17-30)16-21(23)10-12-26(27)29/h5-17H,1-4H3. The van der Waals surface area contributed by atoms with Gasteiger partial charge in [0, 0.05) is 16.7 Å². The minimum Gasteiger partial charge on any atom is -0.310 e. The van der Waals surface area contributed by atoms with Crippen molar-refractivity contribution in [3.63, 3.8) is 0 Å². The van der Waals surface area contributed by atoms with E-state index in [0.717, 1.165) is 11.7 Å². The molecule has 5 rings (SSSR count). The van der Waals surface area contributed by atoms with E-state index in [4.69, 9.17) is 0 Å². The van der Waals surface area contributed by atoms with E-state index < -0.39 is 0 Å². The van der Waals surface area contributed by atoms with Crippen LogP contribution in [0.15, 0.2) is 72.8 Å². The van der Waals surface area contributed by atoms with Crippen molar-refractivity contribution in [1.29, 1.82) is 0 Å². The summed E-state index contributed by atoms with van der Waals surface area (Å²) in [6, 6.07) is 25.8. The highest BCUT2D eigenvalue weighted by Gasteiger charge is 2.38. The molecule has 0 radical (unpaired) electrons. The van der Waals surface area contributed by atoms with Gasteiger partial charge in [-0.05, 0) is 77.2 Å². The summed E-state index contributed by atoms with van der Waals surface area (Å²) in [6.45, 7) is 8.91. The molecule has 0 aliphatic carbocycles. The highest BCUT2D eigenvalue weighted by molar-refractivity contribution is 5.99. The molecule has 1 aliphatic rings. The lowest BCUT2D eigenvalue weighted by atomic mass is 9.71. The Kier molecular flexibility index (Phi) is 4.08. The van der Waals surface area contributed by atoms with Gasteiger partial charge in [-0.25, -0.2) is 0 Å². The number of nitrogens with zero attached hydrogens (tertiary/aromatic N) is 1. The maximum atomic E-state index is 11.3. The van der Waals surface area contributed by atoms with Gasteiger partial charge in [0.15, 0.2) is 0 Å². The fourth-order valence-corrected chi connectivity index (χ4v) is 5.07. The second-order valence-electron chi connectivity index (χ2n) is 8.88. The summed E-state index contributed by atoms with van der Waals surface area (Å²) in [4.78, 5) is 13.7. The van der Waals surface area contributed by atoms with Crippen LogP contribution in [0.25, 0.3) is 10.8 Å². The fraction of sp³-hybridized carbons (Fsp3) is 0.179. The van der Waals surface area contributed by atoms with E-state index in [1.807, 2.05) is 12.1 Å². The van der Waals surface area contributed by atoms with Gasteiger partial charge in [0.1, 0.15) is 6.29 Å². The lowest BCUT2D eigenvalue weighted by molar-refractivity contribution is 0.112. The van der Waals surface area contributed by atoms with Crippen LogP contribution in [-0.4, -0.2) is 6.29 Å². The molecule has 4 aromatic carbocycles. The van der Waals surface area contributed by atoms with Crippen molar-refractivity contribution < 1.29 is 4.79 Å². The van der Waals surface area contributed by atoms with E-state index in [0.29, 0.717) is 5.56 Å². The van der Waals surface area contributed by atoms with Crippen molar-refractivity contribution in [2.24, 2.45) is 0 Å². The molecule has 0 spiro atoms. The number of aldehydes is 1. The van der Waals surface area contributed by atoms with Crippen LogP contribution >= 0.6 is 0 Å². The quantitative estimate of drug-likeness (QED) is 0.332. The van der Waals surface area contributed by atoms with Crippen LogP contribution in [0.5, 0.6) is 0 Å². The first-order chi connectivity index (χ1) is 14.4. The smallest absolute Gasteiger partial charge is 0.150 e. The first-order valence-corrected chi connectivity index (χ1v) is 10.4. The molecule has 1 heterocycles. The minimum atomic E-state index is -0.163. The Morgan fingerprint density at radius 2 is 1.53 bits per heavy atom. The van der Waals surface area contributed by atoms with Crippen LogP contribution in [0.1, 0.15) is 46.5 Å². The molecule has 0 fully saturated rings. The van der Waals surface area contributed by atoms with Crippen molar-refractivity contribution in [3.05, 3.63) is 101 Å². The molecule has 2 heteroatoms. The summed E-state index contributed by atoms with van der Waals surface area (Å²) >= 11 is 0. The van der Waals surface area contributed by atoms with Crippen LogP contribution in [0, 0.1) is 13.8 Å². The van der Waals surface area contributed by atoms with E-state index in [2.05, 4.69) is 93.3 Å². The second-order valence-corrected chi connectivity index (χ2v) is 8.88. The van der Waals surface area contributed by atoms with Crippen LogP contribution in [0.4, 0.5) is 17.1 Å². The summed E-state index contributed by atoms with van der Waals surface area (Å²) < 4.78 is 0. The van der Waals surface area contributed by atoms with Gasteiger partial charge in [-0.1, -0.05) is 56.3 Å². The van der Waals surface area contributed by atoms with Crippen LogP contribution in [0.3, 0.4) is 0 Å². The molecule has 148 valence electrons. The zero-order valence-electron chi connectivity index (χ0n) is 17.9. The van der Waals surface area contributed by atoms with E-state index >= 15 is 0 Å². The largest absolute Gasteiger partial charge is 0.310 e. The first-order valence-electron chi connectivity index (χ1n) is 10.4. The van der Waals surface area contributed by atoms with Crippen molar-refractivity contribution in [2.75, 3.05) is 4.90 Å². The molecule has 0 atom stereocenters. The van der Waals surface area contributed by atoms with Crippen LogP contribution < -0.4 is 4.90 Å². The van der Waals surface area contributed by atoms with Crippen LogP contribution in [-0.2, 0) is 5.41 Å². The Hall–Kier alpha value is -3.39. The highest BCUT2D eigenvalue weighted by atomic mass is 16.1. The summed E-state index contributed by atoms with van der Waals surface area (Å²) in [7, 11) is 0. The average molecular weight is 392 g/mol. The molecule has 0 unspecified atom stereocenters. The Balaban J connectivity index is 1.89. The SMILES string of the molecule is Cc1cc(C)cc(N2c3ccccc3C(C)(C)c3c2ccc2cc(C=O)ccc32)c1. The van der Waals surface area contributed by atoms with E-state index in [1.54, 1.807) is 0 Å². The molecule has 0 saturated heterocycles. The molecule has 0 aromatic heterocycles.